The number of oxime groups is 1. The maximum absolute atomic E-state index is 12.8. The number of halogens is 3. The van der Waals surface area contributed by atoms with E-state index in [1.54, 1.807) is 18.3 Å². The molecule has 0 spiro atoms. The van der Waals surface area contributed by atoms with Gasteiger partial charge in [-0.3, -0.25) is 4.98 Å². The molecule has 0 aliphatic rings. The van der Waals surface area contributed by atoms with Gasteiger partial charge in [0, 0.05) is 18.0 Å². The smallest absolute Gasteiger partial charge is 0.416 e. The van der Waals surface area contributed by atoms with Crippen LogP contribution < -0.4 is 4.74 Å². The number of aliphatic carboxylic acids is 1. The lowest BCUT2D eigenvalue weighted by molar-refractivity contribution is -0.139. The molecule has 1 aromatic heterocycles. The first-order chi connectivity index (χ1) is 17.3. The zero-order chi connectivity index (χ0) is 25.5. The van der Waals surface area contributed by atoms with E-state index in [0.717, 1.165) is 28.6 Å². The van der Waals surface area contributed by atoms with Gasteiger partial charge in [-0.25, -0.2) is 4.79 Å². The third kappa shape index (κ3) is 6.18. The zero-order valence-corrected chi connectivity index (χ0v) is 18.9. The average molecular weight is 494 g/mol. The fourth-order valence-electron chi connectivity index (χ4n) is 3.59. The summed E-state index contributed by atoms with van der Waals surface area (Å²) >= 11 is 0. The molecule has 0 radical (unpaired) electrons. The number of ether oxygens (including phenoxy) is 1. The molecule has 1 N–H and O–H groups in total. The van der Waals surface area contributed by atoms with Crippen molar-refractivity contribution in [1.82, 2.24) is 4.98 Å². The Hall–Kier alpha value is -4.40. The number of benzene rings is 3. The highest BCUT2D eigenvalue weighted by atomic mass is 19.4. The maximum atomic E-state index is 12.8. The van der Waals surface area contributed by atoms with Gasteiger partial charge in [-0.05, 0) is 41.0 Å². The van der Waals surface area contributed by atoms with Crippen molar-refractivity contribution in [2.45, 2.75) is 19.2 Å². The van der Waals surface area contributed by atoms with Crippen molar-refractivity contribution in [1.29, 1.82) is 0 Å². The number of carbonyl (C=O) groups is 1. The van der Waals surface area contributed by atoms with Crippen LogP contribution in [-0.2, 0) is 28.8 Å². The van der Waals surface area contributed by atoms with Crippen molar-refractivity contribution in [2.24, 2.45) is 5.16 Å². The Labute approximate surface area is 204 Å². The molecule has 0 atom stereocenters. The fourth-order valence-corrected chi connectivity index (χ4v) is 3.59. The number of aromatic nitrogens is 1. The number of hydrogen-bond acceptors (Lipinski definition) is 5. The SMILES string of the molecule is O=C(O)COc1ccc(CC(=NOCc2ccc(C(F)(F)F)cc2)c2ccccc2)c2cccnc12. The summed E-state index contributed by atoms with van der Waals surface area (Å²) in [4.78, 5) is 20.8. The van der Waals surface area contributed by atoms with Crippen LogP contribution in [0.25, 0.3) is 10.9 Å². The number of hydrogen-bond donors (Lipinski definition) is 1. The van der Waals surface area contributed by atoms with E-state index in [0.29, 0.717) is 29.0 Å². The van der Waals surface area contributed by atoms with E-state index in [1.165, 1.54) is 12.1 Å². The number of rotatable bonds is 9. The Morgan fingerprint density at radius 3 is 2.39 bits per heavy atom. The van der Waals surface area contributed by atoms with Crippen molar-refractivity contribution < 1.29 is 32.6 Å². The van der Waals surface area contributed by atoms with Gasteiger partial charge in [-0.15, -0.1) is 0 Å². The van der Waals surface area contributed by atoms with Crippen LogP contribution in [0.4, 0.5) is 13.2 Å². The number of nitrogens with zero attached hydrogens (tertiary/aromatic N) is 2. The van der Waals surface area contributed by atoms with E-state index in [4.69, 9.17) is 14.7 Å². The molecule has 0 bridgehead atoms. The van der Waals surface area contributed by atoms with E-state index >= 15 is 0 Å². The van der Waals surface area contributed by atoms with Crippen molar-refractivity contribution in [3.8, 4) is 5.75 Å². The van der Waals surface area contributed by atoms with Gasteiger partial charge in [0.15, 0.2) is 6.61 Å². The summed E-state index contributed by atoms with van der Waals surface area (Å²) in [5, 5.41) is 14.0. The second-order valence-electron chi connectivity index (χ2n) is 7.85. The van der Waals surface area contributed by atoms with Crippen LogP contribution in [0.15, 0.2) is 90.2 Å². The number of fused-ring (bicyclic) bond motifs is 1. The second-order valence-corrected chi connectivity index (χ2v) is 7.85. The molecule has 0 fully saturated rings. The Balaban J connectivity index is 1.59. The standard InChI is InChI=1S/C27H21F3N2O4/c28-27(29,30)21-11-8-18(9-12-21)16-36-32-23(19-5-2-1-3-6-19)15-20-10-13-24(35-17-25(33)34)26-22(20)7-4-14-31-26/h1-14H,15-17H2,(H,33,34). The van der Waals surface area contributed by atoms with E-state index in [2.05, 4.69) is 10.1 Å². The number of pyridine rings is 1. The summed E-state index contributed by atoms with van der Waals surface area (Å²) in [7, 11) is 0. The maximum Gasteiger partial charge on any atom is 0.416 e. The first-order valence-electron chi connectivity index (χ1n) is 10.9. The minimum Gasteiger partial charge on any atom is -0.480 e. The first-order valence-corrected chi connectivity index (χ1v) is 10.9. The van der Waals surface area contributed by atoms with E-state index in [-0.39, 0.29) is 6.61 Å². The molecular formula is C27H21F3N2O4. The predicted octanol–water partition coefficient (Wildman–Crippen LogP) is 5.88. The lowest BCUT2D eigenvalue weighted by Gasteiger charge is -2.13. The lowest BCUT2D eigenvalue weighted by atomic mass is 9.98. The van der Waals surface area contributed by atoms with E-state index in [9.17, 15) is 18.0 Å². The minimum atomic E-state index is -4.40. The van der Waals surface area contributed by atoms with Crippen molar-refractivity contribution in [3.63, 3.8) is 0 Å². The van der Waals surface area contributed by atoms with Gasteiger partial charge in [-0.1, -0.05) is 59.8 Å². The number of alkyl halides is 3. The normalized spacial score (nSPS) is 11.9. The molecule has 0 unspecified atom stereocenters. The molecule has 0 aliphatic heterocycles. The van der Waals surface area contributed by atoms with Gasteiger partial charge in [0.1, 0.15) is 17.9 Å². The van der Waals surface area contributed by atoms with Gasteiger partial charge in [0.05, 0.1) is 11.3 Å². The minimum absolute atomic E-state index is 0.00125. The zero-order valence-electron chi connectivity index (χ0n) is 18.9. The summed E-state index contributed by atoms with van der Waals surface area (Å²) in [6.45, 7) is -0.488. The Morgan fingerprint density at radius 2 is 1.69 bits per heavy atom. The van der Waals surface area contributed by atoms with Crippen molar-refractivity contribution in [2.75, 3.05) is 6.61 Å². The third-order valence-electron chi connectivity index (χ3n) is 5.33. The summed E-state index contributed by atoms with van der Waals surface area (Å²) in [5.41, 5.74) is 2.63. The summed E-state index contributed by atoms with van der Waals surface area (Å²) in [6.07, 6.45) is -2.44. The van der Waals surface area contributed by atoms with E-state index < -0.39 is 24.3 Å². The molecule has 0 saturated heterocycles. The van der Waals surface area contributed by atoms with Gasteiger partial charge >= 0.3 is 12.1 Å². The van der Waals surface area contributed by atoms with E-state index in [1.807, 2.05) is 42.5 Å². The first kappa shape index (κ1) is 24.7. The van der Waals surface area contributed by atoms with Crippen LogP contribution in [-0.4, -0.2) is 28.4 Å². The molecule has 0 aliphatic carbocycles. The van der Waals surface area contributed by atoms with Crippen molar-refractivity contribution >= 4 is 22.6 Å². The molecule has 1 heterocycles. The summed E-state index contributed by atoms with van der Waals surface area (Å²) in [6, 6.07) is 21.2. The van der Waals surface area contributed by atoms with Gasteiger partial charge in [0.25, 0.3) is 0 Å². The van der Waals surface area contributed by atoms with Gasteiger partial charge in [0.2, 0.25) is 0 Å². The molecule has 9 heteroatoms. The third-order valence-corrected chi connectivity index (χ3v) is 5.33. The second kappa shape index (κ2) is 10.9. The highest BCUT2D eigenvalue weighted by Gasteiger charge is 2.29. The highest BCUT2D eigenvalue weighted by Crippen LogP contribution is 2.30. The quantitative estimate of drug-likeness (QED) is 0.232. The van der Waals surface area contributed by atoms with Crippen LogP contribution in [0.5, 0.6) is 5.75 Å². The molecule has 184 valence electrons. The number of carboxylic acids is 1. The van der Waals surface area contributed by atoms with Crippen LogP contribution in [0, 0.1) is 0 Å². The summed E-state index contributed by atoms with van der Waals surface area (Å²) < 4.78 is 43.8. The Bertz CT molecular complexity index is 1370. The monoisotopic (exact) mass is 494 g/mol. The molecule has 0 amide bonds. The van der Waals surface area contributed by atoms with Crippen LogP contribution in [0.3, 0.4) is 0 Å². The highest BCUT2D eigenvalue weighted by molar-refractivity contribution is 6.03. The van der Waals surface area contributed by atoms with Crippen LogP contribution >= 0.6 is 0 Å². The van der Waals surface area contributed by atoms with Gasteiger partial charge in [-0.2, -0.15) is 13.2 Å². The molecule has 4 rings (SSSR count). The van der Waals surface area contributed by atoms with Crippen LogP contribution in [0.2, 0.25) is 0 Å². The molecule has 3 aromatic carbocycles. The Morgan fingerprint density at radius 1 is 0.944 bits per heavy atom. The van der Waals surface area contributed by atoms with Crippen LogP contribution in [0.1, 0.15) is 22.3 Å². The fraction of sp³-hybridized carbons (Fsp3) is 0.148. The predicted molar refractivity (Wildman–Crippen MR) is 128 cm³/mol. The molecular weight excluding hydrogens is 473 g/mol. The van der Waals surface area contributed by atoms with Crippen molar-refractivity contribution in [3.05, 3.63) is 107 Å². The molecule has 6 nitrogen and oxygen atoms in total. The molecule has 4 aromatic rings. The van der Waals surface area contributed by atoms with Gasteiger partial charge < -0.3 is 14.7 Å². The average Bonchev–Trinajstić information content (AvgIpc) is 2.87. The molecule has 36 heavy (non-hydrogen) atoms. The lowest BCUT2D eigenvalue weighted by Crippen LogP contribution is -2.11. The summed E-state index contributed by atoms with van der Waals surface area (Å²) in [5.74, 6) is -0.736. The Kier molecular flexibility index (Phi) is 7.48. The topological polar surface area (TPSA) is 81.0 Å². The largest absolute Gasteiger partial charge is 0.480 e. The number of carboxylic acid groups (broad SMARTS) is 1. The molecule has 0 saturated carbocycles.